The summed E-state index contributed by atoms with van der Waals surface area (Å²) in [5.74, 6) is -0.0425. The van der Waals surface area contributed by atoms with E-state index in [9.17, 15) is 16.8 Å². The molecule has 0 aliphatic rings. The lowest BCUT2D eigenvalue weighted by atomic mass is 9.96. The van der Waals surface area contributed by atoms with E-state index >= 15 is 0 Å². The van der Waals surface area contributed by atoms with Gasteiger partial charge >= 0.3 is 0 Å². The van der Waals surface area contributed by atoms with E-state index in [4.69, 9.17) is 9.11 Å². The largest absolute Gasteiger partial charge is 0.353 e. The number of anilines is 2. The van der Waals surface area contributed by atoms with Crippen LogP contribution in [-0.2, 0) is 33.1 Å². The summed E-state index contributed by atoms with van der Waals surface area (Å²) in [6.07, 6.45) is 3.75. The van der Waals surface area contributed by atoms with Gasteiger partial charge in [0.2, 0.25) is 11.9 Å². The van der Waals surface area contributed by atoms with Crippen LogP contribution in [0.1, 0.15) is 33.9 Å². The van der Waals surface area contributed by atoms with Crippen LogP contribution in [0.3, 0.4) is 0 Å². The van der Waals surface area contributed by atoms with Crippen molar-refractivity contribution >= 4 is 32.1 Å². The molecule has 0 amide bonds. The minimum atomic E-state index is -4.19. The highest BCUT2D eigenvalue weighted by molar-refractivity contribution is 7.86. The Morgan fingerprint density at radius 2 is 1.17 bits per heavy atom. The number of aromatic nitrogens is 6. The molecule has 0 radical (unpaired) electrons. The minimum absolute atomic E-state index is 0.0406. The molecule has 0 spiro atoms. The van der Waals surface area contributed by atoms with Crippen LogP contribution in [0.25, 0.3) is 0 Å². The summed E-state index contributed by atoms with van der Waals surface area (Å²) in [5.41, 5.74) is 3.99. The van der Waals surface area contributed by atoms with E-state index < -0.39 is 31.7 Å². The summed E-state index contributed by atoms with van der Waals surface area (Å²) in [6.45, 7) is 3.61. The fourth-order valence-electron chi connectivity index (χ4n) is 3.25. The van der Waals surface area contributed by atoms with Crippen LogP contribution in [0.5, 0.6) is 0 Å². The van der Waals surface area contributed by atoms with Gasteiger partial charge in [0.25, 0.3) is 20.2 Å². The maximum atomic E-state index is 11.0. The molecule has 2 aromatic heterocycles. The second-order valence-electron chi connectivity index (χ2n) is 7.94. The van der Waals surface area contributed by atoms with E-state index in [1.165, 1.54) is 12.7 Å². The van der Waals surface area contributed by atoms with Crippen molar-refractivity contribution in [1.29, 1.82) is 0 Å². The van der Waals surface area contributed by atoms with Gasteiger partial charge < -0.3 is 10.6 Å². The van der Waals surface area contributed by atoms with E-state index in [0.717, 1.165) is 22.3 Å². The number of rotatable bonds is 12. The van der Waals surface area contributed by atoms with Crippen LogP contribution in [0.4, 0.5) is 11.9 Å². The molecule has 4 N–H and O–H groups in total. The average molecular weight is 539 g/mol. The third-order valence-electron chi connectivity index (χ3n) is 5.01. The molecule has 14 nitrogen and oxygen atoms in total. The van der Waals surface area contributed by atoms with Gasteiger partial charge in [0, 0.05) is 25.9 Å². The second kappa shape index (κ2) is 11.6. The first-order valence-corrected chi connectivity index (χ1v) is 13.9. The van der Waals surface area contributed by atoms with Crippen molar-refractivity contribution in [2.24, 2.45) is 0 Å². The van der Waals surface area contributed by atoms with Gasteiger partial charge in [-0.05, 0) is 36.1 Å². The van der Waals surface area contributed by atoms with Crippen LogP contribution in [0.2, 0.25) is 0 Å². The second-order valence-corrected chi connectivity index (χ2v) is 11.1. The van der Waals surface area contributed by atoms with Gasteiger partial charge in [-0.25, -0.2) is 15.0 Å². The maximum Gasteiger partial charge on any atom is 0.266 e. The summed E-state index contributed by atoms with van der Waals surface area (Å²) >= 11 is 0. The Labute approximate surface area is 208 Å². The van der Waals surface area contributed by atoms with Crippen molar-refractivity contribution in [3.63, 3.8) is 0 Å². The Bertz CT molecular complexity index is 1360. The first-order valence-electron chi connectivity index (χ1n) is 10.7. The number of hydrogen-bond acceptors (Lipinski definition) is 12. The summed E-state index contributed by atoms with van der Waals surface area (Å²) in [5, 5.41) is 5.42. The number of nitrogens with one attached hydrogen (secondary N) is 2. The normalized spacial score (nSPS) is 11.9. The molecule has 1 aromatic carbocycles. The molecule has 0 fully saturated rings. The quantitative estimate of drug-likeness (QED) is 0.231. The molecular formula is C20H26N8O6S2. The summed E-state index contributed by atoms with van der Waals surface area (Å²) < 4.78 is 61.9. The molecule has 3 rings (SSSR count). The number of benzene rings is 1. The van der Waals surface area contributed by atoms with Crippen LogP contribution in [0.15, 0.2) is 24.8 Å². The molecule has 36 heavy (non-hydrogen) atoms. The molecular weight excluding hydrogens is 512 g/mol. The van der Waals surface area contributed by atoms with Crippen molar-refractivity contribution in [2.45, 2.75) is 26.7 Å². The zero-order valence-corrected chi connectivity index (χ0v) is 21.2. The molecule has 0 unspecified atom stereocenters. The third kappa shape index (κ3) is 9.03. The van der Waals surface area contributed by atoms with Crippen LogP contribution in [-0.4, -0.2) is 80.4 Å². The van der Waals surface area contributed by atoms with Gasteiger partial charge in [-0.2, -0.15) is 31.8 Å². The predicted octanol–water partition coefficient (Wildman–Crippen LogP) is 0.454. The molecule has 2 heterocycles. The van der Waals surface area contributed by atoms with Crippen molar-refractivity contribution < 1.29 is 25.9 Å². The topological polar surface area (TPSA) is 210 Å². The molecule has 0 bridgehead atoms. The minimum Gasteiger partial charge on any atom is -0.353 e. The maximum absolute atomic E-state index is 11.0. The monoisotopic (exact) mass is 538 g/mol. The Kier molecular flexibility index (Phi) is 8.78. The van der Waals surface area contributed by atoms with Gasteiger partial charge in [0.05, 0.1) is 11.5 Å². The summed E-state index contributed by atoms with van der Waals surface area (Å²) in [7, 11) is -8.37. The summed E-state index contributed by atoms with van der Waals surface area (Å²) in [4.78, 5) is 24.9. The fraction of sp³-hybridized carbons (Fsp3) is 0.400. The molecule has 3 aromatic rings. The Balaban J connectivity index is 1.82. The Hall–Kier alpha value is -3.34. The number of hydrogen-bond donors (Lipinski definition) is 4. The van der Waals surface area contributed by atoms with Crippen LogP contribution < -0.4 is 10.6 Å². The SMILES string of the molecule is Cc1cc(Cc2nc(NCCS(=O)(=O)O)nc(NCCS(=O)(=O)O)n2)c(C)cc1Cc1ncncn1. The van der Waals surface area contributed by atoms with E-state index in [1.807, 2.05) is 26.0 Å². The van der Waals surface area contributed by atoms with Gasteiger partial charge in [-0.1, -0.05) is 12.1 Å². The third-order valence-corrected chi connectivity index (χ3v) is 6.45. The van der Waals surface area contributed by atoms with Gasteiger partial charge in [-0.15, -0.1) is 0 Å². The van der Waals surface area contributed by atoms with E-state index in [0.29, 0.717) is 24.5 Å². The van der Waals surface area contributed by atoms with E-state index in [2.05, 4.69) is 40.5 Å². The van der Waals surface area contributed by atoms with Crippen molar-refractivity contribution in [2.75, 3.05) is 35.2 Å². The van der Waals surface area contributed by atoms with E-state index in [1.54, 1.807) is 0 Å². The first-order chi connectivity index (χ1) is 16.9. The molecule has 194 valence electrons. The van der Waals surface area contributed by atoms with Gasteiger partial charge in [0.1, 0.15) is 24.3 Å². The van der Waals surface area contributed by atoms with Crippen LogP contribution in [0, 0.1) is 13.8 Å². The van der Waals surface area contributed by atoms with Crippen molar-refractivity contribution in [1.82, 2.24) is 29.9 Å². The van der Waals surface area contributed by atoms with Crippen LogP contribution >= 0.6 is 0 Å². The van der Waals surface area contributed by atoms with E-state index in [-0.39, 0.29) is 25.0 Å². The zero-order chi connectivity index (χ0) is 26.3. The van der Waals surface area contributed by atoms with Crippen molar-refractivity contribution in [3.05, 3.63) is 58.7 Å². The van der Waals surface area contributed by atoms with Gasteiger partial charge in [-0.3, -0.25) is 9.11 Å². The Morgan fingerprint density at radius 3 is 1.61 bits per heavy atom. The molecule has 0 saturated heterocycles. The molecule has 0 atom stereocenters. The smallest absolute Gasteiger partial charge is 0.266 e. The molecule has 0 aliphatic heterocycles. The highest BCUT2D eigenvalue weighted by Crippen LogP contribution is 2.21. The summed E-state index contributed by atoms with van der Waals surface area (Å²) in [6, 6.07) is 4.04. The highest BCUT2D eigenvalue weighted by atomic mass is 32.2. The molecule has 16 heteroatoms. The van der Waals surface area contributed by atoms with Crippen molar-refractivity contribution in [3.8, 4) is 0 Å². The first kappa shape index (κ1) is 27.3. The predicted molar refractivity (Wildman–Crippen MR) is 131 cm³/mol. The lowest BCUT2D eigenvalue weighted by molar-refractivity contribution is 0.481. The fourth-order valence-corrected chi connectivity index (χ4v) is 3.97. The standard InChI is InChI=1S/C20H26N8O6S2/c1-13-8-16(14(2)7-15(13)9-17-24-11-21-12-25-17)10-18-26-19(22-3-5-35(29,30)31)28-20(27-18)23-4-6-36(32,33)34/h7-8,11-12H,3-6,9-10H2,1-2H3,(H,29,30,31)(H,32,33,34)(H2,22,23,26,27,28). The number of nitrogens with zero attached hydrogens (tertiary/aromatic N) is 6. The number of aryl methyl sites for hydroxylation is 2. The average Bonchev–Trinajstić information content (AvgIpc) is 2.76. The lowest BCUT2D eigenvalue weighted by Gasteiger charge is -2.13. The highest BCUT2D eigenvalue weighted by Gasteiger charge is 2.13. The molecule has 0 saturated carbocycles. The lowest BCUT2D eigenvalue weighted by Crippen LogP contribution is -2.19. The molecule has 0 aliphatic carbocycles. The zero-order valence-electron chi connectivity index (χ0n) is 19.6. The van der Waals surface area contributed by atoms with Gasteiger partial charge in [0.15, 0.2) is 0 Å². The Morgan fingerprint density at radius 1 is 0.722 bits per heavy atom.